The molecule has 0 fully saturated rings. The van der Waals surface area contributed by atoms with Gasteiger partial charge in [0.15, 0.2) is 0 Å². The van der Waals surface area contributed by atoms with Crippen molar-refractivity contribution < 1.29 is 0 Å². The van der Waals surface area contributed by atoms with Gasteiger partial charge in [-0.2, -0.15) is 0 Å². The highest BCUT2D eigenvalue weighted by atomic mass is 35.5. The Balaban J connectivity index is -0.000000222. The van der Waals surface area contributed by atoms with Crippen LogP contribution in [0.1, 0.15) is 52.4 Å². The zero-order valence-electron chi connectivity index (χ0n) is 11.8. The van der Waals surface area contributed by atoms with Gasteiger partial charge in [0, 0.05) is 29.4 Å². The van der Waals surface area contributed by atoms with E-state index in [1.165, 1.54) is 42.3 Å². The Morgan fingerprint density at radius 3 is 1.74 bits per heavy atom. The first-order valence-electron chi connectivity index (χ1n) is 6.27. The molecule has 0 unspecified atom stereocenters. The lowest BCUT2D eigenvalue weighted by Gasteiger charge is -1.81. The molecule has 0 aliphatic carbocycles. The predicted octanol–water partition coefficient (Wildman–Crippen LogP) is 6.68. The van der Waals surface area contributed by atoms with Crippen LogP contribution in [0.25, 0.3) is 0 Å². The van der Waals surface area contributed by atoms with Crippen molar-refractivity contribution in [1.29, 1.82) is 0 Å². The number of unbranched alkanes of at least 4 members (excludes halogenated alkanes) is 4. The van der Waals surface area contributed by atoms with Crippen LogP contribution < -0.4 is 0 Å². The lowest BCUT2D eigenvalue weighted by molar-refractivity contribution is 0.828. The van der Waals surface area contributed by atoms with E-state index in [0.29, 0.717) is 0 Å². The first-order valence-corrected chi connectivity index (χ1v) is 7.58. The molecule has 0 heterocycles. The van der Waals surface area contributed by atoms with Crippen molar-refractivity contribution in [3.63, 3.8) is 0 Å². The molecule has 0 nitrogen and oxygen atoms in total. The standard InChI is InChI=1S/C8H11Cl.C6H10.C2H2Cl2/c1-2-3-4-5-6-7-8-9;1-3-5-6-4-2;3-1-2-4/h7-8H,2-4H2,1H3;1H,4-6H2,2H3;1-2H/b8-7-;;2-1-. The molecular weight excluding hydrogens is 299 g/mol. The summed E-state index contributed by atoms with van der Waals surface area (Å²) in [6.07, 6.45) is 13.3. The number of hydrogen-bond acceptors (Lipinski definition) is 0. The molecule has 0 aromatic rings. The maximum absolute atomic E-state index is 5.23. The smallest absolute Gasteiger partial charge is 0.0156 e. The third-order valence-corrected chi connectivity index (χ3v) is 2.13. The van der Waals surface area contributed by atoms with Gasteiger partial charge in [0.25, 0.3) is 0 Å². The lowest BCUT2D eigenvalue weighted by Crippen LogP contribution is -1.65. The summed E-state index contributed by atoms with van der Waals surface area (Å²) >= 11 is 15.0. The second kappa shape index (κ2) is 30.5. The van der Waals surface area contributed by atoms with E-state index in [-0.39, 0.29) is 0 Å². The lowest BCUT2D eigenvalue weighted by atomic mass is 10.2. The van der Waals surface area contributed by atoms with E-state index in [2.05, 4.69) is 31.6 Å². The summed E-state index contributed by atoms with van der Waals surface area (Å²) in [5.74, 6) is 8.34. The van der Waals surface area contributed by atoms with E-state index in [9.17, 15) is 0 Å². The highest BCUT2D eigenvalue weighted by molar-refractivity contribution is 6.33. The average Bonchev–Trinajstić information content (AvgIpc) is 2.46. The first kappa shape index (κ1) is 23.6. The number of terminal acetylenes is 1. The zero-order valence-corrected chi connectivity index (χ0v) is 14.0. The summed E-state index contributed by atoms with van der Waals surface area (Å²) in [5, 5.41) is 0. The van der Waals surface area contributed by atoms with E-state index < -0.39 is 0 Å². The number of rotatable bonds is 4. The molecule has 0 spiro atoms. The van der Waals surface area contributed by atoms with Crippen molar-refractivity contribution >= 4 is 34.8 Å². The fourth-order valence-corrected chi connectivity index (χ4v) is 0.770. The number of allylic oxidation sites excluding steroid dienone is 1. The maximum atomic E-state index is 5.23. The van der Waals surface area contributed by atoms with E-state index in [0.717, 1.165) is 12.8 Å². The van der Waals surface area contributed by atoms with Gasteiger partial charge in [-0.15, -0.1) is 12.3 Å². The van der Waals surface area contributed by atoms with Crippen LogP contribution in [0.15, 0.2) is 22.7 Å². The zero-order chi connectivity index (χ0) is 15.2. The molecular formula is C16H23Cl3. The van der Waals surface area contributed by atoms with Gasteiger partial charge in [-0.05, 0) is 18.9 Å². The first-order chi connectivity index (χ1) is 9.24. The molecule has 0 rings (SSSR count). The molecule has 0 bridgehead atoms. The summed E-state index contributed by atoms with van der Waals surface area (Å²) in [6.45, 7) is 4.29. The van der Waals surface area contributed by atoms with Crippen molar-refractivity contribution in [2.75, 3.05) is 0 Å². The van der Waals surface area contributed by atoms with Crippen molar-refractivity contribution in [3.8, 4) is 24.2 Å². The minimum atomic E-state index is 0.941. The van der Waals surface area contributed by atoms with E-state index >= 15 is 0 Å². The van der Waals surface area contributed by atoms with Gasteiger partial charge in [-0.1, -0.05) is 73.3 Å². The SMILES string of the molecule is C#CCCCC.CCCCC#C/C=C\Cl.Cl/C=C\Cl. The molecule has 0 saturated carbocycles. The summed E-state index contributed by atoms with van der Waals surface area (Å²) < 4.78 is 0. The molecule has 0 aliphatic rings. The second-order valence-electron chi connectivity index (χ2n) is 3.28. The van der Waals surface area contributed by atoms with Crippen LogP contribution in [0.4, 0.5) is 0 Å². The van der Waals surface area contributed by atoms with Gasteiger partial charge in [0.05, 0.1) is 0 Å². The summed E-state index contributed by atoms with van der Waals surface area (Å²) in [6, 6.07) is 0. The summed E-state index contributed by atoms with van der Waals surface area (Å²) in [7, 11) is 0. The van der Waals surface area contributed by atoms with Gasteiger partial charge in [0.2, 0.25) is 0 Å². The molecule has 0 aliphatic heterocycles. The topological polar surface area (TPSA) is 0 Å². The minimum Gasteiger partial charge on any atom is -0.120 e. The fourth-order valence-electron chi connectivity index (χ4n) is 0.707. The number of halogens is 3. The van der Waals surface area contributed by atoms with E-state index in [4.69, 9.17) is 41.2 Å². The molecule has 0 aromatic carbocycles. The van der Waals surface area contributed by atoms with Crippen LogP contribution in [-0.2, 0) is 0 Å². The molecule has 108 valence electrons. The second-order valence-corrected chi connectivity index (χ2v) is 4.03. The number of hydrogen-bond donors (Lipinski definition) is 0. The van der Waals surface area contributed by atoms with Gasteiger partial charge in [0.1, 0.15) is 0 Å². The van der Waals surface area contributed by atoms with Crippen LogP contribution in [0, 0.1) is 24.2 Å². The highest BCUT2D eigenvalue weighted by Crippen LogP contribution is 1.90. The van der Waals surface area contributed by atoms with Gasteiger partial charge in [-0.3, -0.25) is 0 Å². The molecule has 19 heavy (non-hydrogen) atoms. The average molecular weight is 322 g/mol. The van der Waals surface area contributed by atoms with Gasteiger partial charge < -0.3 is 0 Å². The van der Waals surface area contributed by atoms with Crippen molar-refractivity contribution in [2.24, 2.45) is 0 Å². The van der Waals surface area contributed by atoms with Crippen LogP contribution in [0.3, 0.4) is 0 Å². The quantitative estimate of drug-likeness (QED) is 0.400. The monoisotopic (exact) mass is 320 g/mol. The van der Waals surface area contributed by atoms with Crippen molar-refractivity contribution in [2.45, 2.75) is 52.4 Å². The third-order valence-electron chi connectivity index (χ3n) is 1.63. The van der Waals surface area contributed by atoms with Crippen LogP contribution >= 0.6 is 34.8 Å². The Morgan fingerprint density at radius 2 is 1.42 bits per heavy atom. The molecule has 0 N–H and O–H groups in total. The normalized spacial score (nSPS) is 8.63. The Bertz CT molecular complexity index is 283. The Morgan fingerprint density at radius 1 is 0.895 bits per heavy atom. The van der Waals surface area contributed by atoms with Gasteiger partial charge in [-0.25, -0.2) is 0 Å². The molecule has 0 atom stereocenters. The third kappa shape index (κ3) is 46.6. The minimum absolute atomic E-state index is 0.941. The Labute approximate surface area is 134 Å². The van der Waals surface area contributed by atoms with Crippen LogP contribution in [0.5, 0.6) is 0 Å². The van der Waals surface area contributed by atoms with Crippen LogP contribution in [-0.4, -0.2) is 0 Å². The molecule has 0 amide bonds. The maximum Gasteiger partial charge on any atom is 0.0156 e. The van der Waals surface area contributed by atoms with Gasteiger partial charge >= 0.3 is 0 Å². The van der Waals surface area contributed by atoms with Crippen LogP contribution in [0.2, 0.25) is 0 Å². The molecule has 0 radical (unpaired) electrons. The fraction of sp³-hybridized carbons (Fsp3) is 0.500. The highest BCUT2D eigenvalue weighted by Gasteiger charge is 1.73. The predicted molar refractivity (Wildman–Crippen MR) is 91.5 cm³/mol. The molecule has 0 aromatic heterocycles. The van der Waals surface area contributed by atoms with Crippen molar-refractivity contribution in [1.82, 2.24) is 0 Å². The summed E-state index contributed by atoms with van der Waals surface area (Å²) in [5.41, 5.74) is 3.90. The Hall–Kier alpha value is -0.530. The van der Waals surface area contributed by atoms with E-state index in [1.54, 1.807) is 6.08 Å². The molecule has 0 saturated heterocycles. The molecule has 3 heteroatoms. The van der Waals surface area contributed by atoms with Crippen molar-refractivity contribution in [3.05, 3.63) is 22.7 Å². The summed E-state index contributed by atoms with van der Waals surface area (Å²) in [4.78, 5) is 0. The van der Waals surface area contributed by atoms with E-state index in [1.807, 2.05) is 0 Å². The Kier molecular flexibility index (Phi) is 37.8. The largest absolute Gasteiger partial charge is 0.120 e.